The van der Waals surface area contributed by atoms with Crippen LogP contribution in [0.25, 0.3) is 0 Å². The molecule has 1 N–H and O–H groups in total. The Labute approximate surface area is 138 Å². The summed E-state index contributed by atoms with van der Waals surface area (Å²) in [6.07, 6.45) is 6.25. The average molecular weight is 314 g/mol. The number of ether oxygens (including phenoxy) is 1. The van der Waals surface area contributed by atoms with Crippen molar-refractivity contribution in [3.63, 3.8) is 0 Å². The SMILES string of the molecule is COc1ccccc1C1CNCCN1C(=O)C1CC12CCCC2. The molecule has 2 unspecified atom stereocenters. The third-order valence-electron chi connectivity index (χ3n) is 6.11. The van der Waals surface area contributed by atoms with Gasteiger partial charge in [-0.25, -0.2) is 0 Å². The summed E-state index contributed by atoms with van der Waals surface area (Å²) in [6.45, 7) is 2.50. The summed E-state index contributed by atoms with van der Waals surface area (Å²) in [7, 11) is 1.70. The van der Waals surface area contributed by atoms with Gasteiger partial charge in [0.2, 0.25) is 5.91 Å². The molecule has 1 amide bonds. The summed E-state index contributed by atoms with van der Waals surface area (Å²) < 4.78 is 5.53. The number of carbonyl (C=O) groups excluding carboxylic acids is 1. The van der Waals surface area contributed by atoms with Gasteiger partial charge in [0.05, 0.1) is 13.2 Å². The maximum Gasteiger partial charge on any atom is 0.226 e. The molecule has 1 aliphatic heterocycles. The molecule has 0 aromatic heterocycles. The zero-order valence-electron chi connectivity index (χ0n) is 13.9. The van der Waals surface area contributed by atoms with E-state index in [4.69, 9.17) is 4.74 Å². The maximum absolute atomic E-state index is 13.2. The summed E-state index contributed by atoms with van der Waals surface area (Å²) in [5, 5.41) is 3.44. The molecule has 2 aliphatic carbocycles. The number of methoxy groups -OCH3 is 1. The minimum absolute atomic E-state index is 0.0893. The fourth-order valence-electron chi connectivity index (χ4n) is 4.72. The molecule has 2 atom stereocenters. The summed E-state index contributed by atoms with van der Waals surface area (Å²) >= 11 is 0. The van der Waals surface area contributed by atoms with Gasteiger partial charge in [0.1, 0.15) is 5.75 Å². The highest BCUT2D eigenvalue weighted by Gasteiger charge is 2.60. The van der Waals surface area contributed by atoms with Gasteiger partial charge in [0.15, 0.2) is 0 Å². The van der Waals surface area contributed by atoms with E-state index in [0.717, 1.165) is 37.4 Å². The van der Waals surface area contributed by atoms with Crippen molar-refractivity contribution in [2.75, 3.05) is 26.7 Å². The summed E-state index contributed by atoms with van der Waals surface area (Å²) in [6, 6.07) is 8.19. The number of nitrogens with zero attached hydrogens (tertiary/aromatic N) is 1. The first-order valence-electron chi connectivity index (χ1n) is 8.89. The van der Waals surface area contributed by atoms with Crippen molar-refractivity contribution >= 4 is 5.91 Å². The van der Waals surface area contributed by atoms with Crippen molar-refractivity contribution in [3.8, 4) is 5.75 Å². The fourth-order valence-corrected chi connectivity index (χ4v) is 4.72. The van der Waals surface area contributed by atoms with Crippen molar-refractivity contribution < 1.29 is 9.53 Å². The van der Waals surface area contributed by atoms with Crippen LogP contribution >= 0.6 is 0 Å². The molecule has 1 spiro atoms. The van der Waals surface area contributed by atoms with Crippen LogP contribution in [0.15, 0.2) is 24.3 Å². The second-order valence-corrected chi connectivity index (χ2v) is 7.32. The Balaban J connectivity index is 1.57. The number of amides is 1. The molecule has 0 radical (unpaired) electrons. The molecule has 2 saturated carbocycles. The van der Waals surface area contributed by atoms with Crippen LogP contribution < -0.4 is 10.1 Å². The molecule has 1 saturated heterocycles. The van der Waals surface area contributed by atoms with Crippen molar-refractivity contribution in [2.24, 2.45) is 11.3 Å². The van der Waals surface area contributed by atoms with Gasteiger partial charge >= 0.3 is 0 Å². The first-order valence-corrected chi connectivity index (χ1v) is 8.89. The third-order valence-corrected chi connectivity index (χ3v) is 6.11. The Morgan fingerprint density at radius 2 is 2.09 bits per heavy atom. The predicted octanol–water partition coefficient (Wildman–Crippen LogP) is 2.75. The molecule has 4 nitrogen and oxygen atoms in total. The highest BCUT2D eigenvalue weighted by atomic mass is 16.5. The van der Waals surface area contributed by atoms with Crippen LogP contribution in [0.5, 0.6) is 5.75 Å². The molecule has 1 aromatic carbocycles. The van der Waals surface area contributed by atoms with Crippen LogP contribution in [0.4, 0.5) is 0 Å². The van der Waals surface area contributed by atoms with Gasteiger partial charge in [-0.1, -0.05) is 31.0 Å². The summed E-state index contributed by atoms with van der Waals surface area (Å²) in [5.74, 6) is 1.54. The third kappa shape index (κ3) is 2.53. The van der Waals surface area contributed by atoms with Gasteiger partial charge in [-0.15, -0.1) is 0 Å². The second kappa shape index (κ2) is 5.82. The van der Waals surface area contributed by atoms with E-state index in [1.807, 2.05) is 18.2 Å². The van der Waals surface area contributed by atoms with Crippen LogP contribution in [0.2, 0.25) is 0 Å². The van der Waals surface area contributed by atoms with Gasteiger partial charge in [0.25, 0.3) is 0 Å². The molecule has 23 heavy (non-hydrogen) atoms. The van der Waals surface area contributed by atoms with Crippen molar-refractivity contribution in [2.45, 2.75) is 38.1 Å². The van der Waals surface area contributed by atoms with Gasteiger partial charge in [-0.2, -0.15) is 0 Å². The number of piperazine rings is 1. The van der Waals surface area contributed by atoms with E-state index in [-0.39, 0.29) is 12.0 Å². The zero-order valence-corrected chi connectivity index (χ0v) is 13.9. The van der Waals surface area contributed by atoms with Crippen LogP contribution in [0.3, 0.4) is 0 Å². The molecule has 4 rings (SSSR count). The average Bonchev–Trinajstić information content (AvgIpc) is 3.10. The number of para-hydroxylation sites is 1. The van der Waals surface area contributed by atoms with E-state index < -0.39 is 0 Å². The lowest BCUT2D eigenvalue weighted by Crippen LogP contribution is -2.49. The molecule has 1 aromatic rings. The highest BCUT2D eigenvalue weighted by Crippen LogP contribution is 2.63. The summed E-state index contributed by atoms with van der Waals surface area (Å²) in [4.78, 5) is 15.3. The van der Waals surface area contributed by atoms with Crippen molar-refractivity contribution in [1.82, 2.24) is 10.2 Å². The standard InChI is InChI=1S/C19H26N2O2/c1-23-17-7-3-2-6-14(17)16-13-20-10-11-21(16)18(22)15-12-19(15)8-4-5-9-19/h2-3,6-7,15-16,20H,4-5,8-13H2,1H3. The van der Waals surface area contributed by atoms with Crippen LogP contribution in [-0.4, -0.2) is 37.6 Å². The van der Waals surface area contributed by atoms with Crippen molar-refractivity contribution in [1.29, 1.82) is 0 Å². The smallest absolute Gasteiger partial charge is 0.226 e. The zero-order chi connectivity index (χ0) is 15.9. The van der Waals surface area contributed by atoms with Crippen LogP contribution in [0, 0.1) is 11.3 Å². The van der Waals surface area contributed by atoms with E-state index in [2.05, 4.69) is 16.3 Å². The van der Waals surface area contributed by atoms with Gasteiger partial charge in [-0.3, -0.25) is 4.79 Å². The first kappa shape index (κ1) is 15.0. The van der Waals surface area contributed by atoms with E-state index in [1.54, 1.807) is 7.11 Å². The second-order valence-electron chi connectivity index (χ2n) is 7.32. The minimum atomic E-state index is 0.0893. The Bertz CT molecular complexity index is 595. The largest absolute Gasteiger partial charge is 0.496 e. The van der Waals surface area contributed by atoms with E-state index >= 15 is 0 Å². The molecule has 4 heteroatoms. The molecular formula is C19H26N2O2. The number of nitrogens with one attached hydrogen (secondary N) is 1. The van der Waals surface area contributed by atoms with Gasteiger partial charge in [0, 0.05) is 31.1 Å². The summed E-state index contributed by atoms with van der Waals surface area (Å²) in [5.41, 5.74) is 1.49. The van der Waals surface area contributed by atoms with Gasteiger partial charge < -0.3 is 15.0 Å². The lowest BCUT2D eigenvalue weighted by Gasteiger charge is -2.37. The topological polar surface area (TPSA) is 41.6 Å². The first-order chi connectivity index (χ1) is 11.2. The Morgan fingerprint density at radius 3 is 2.87 bits per heavy atom. The lowest BCUT2D eigenvalue weighted by atomic mass is 9.98. The monoisotopic (exact) mass is 314 g/mol. The number of hydrogen-bond donors (Lipinski definition) is 1. The Kier molecular flexibility index (Phi) is 3.80. The normalized spacial score (nSPS) is 28.8. The molecule has 3 fully saturated rings. The molecule has 0 bridgehead atoms. The van der Waals surface area contributed by atoms with Gasteiger partial charge in [-0.05, 0) is 30.7 Å². The van der Waals surface area contributed by atoms with E-state index in [0.29, 0.717) is 11.3 Å². The molecule has 124 valence electrons. The Hall–Kier alpha value is -1.55. The minimum Gasteiger partial charge on any atom is -0.496 e. The van der Waals surface area contributed by atoms with E-state index in [9.17, 15) is 4.79 Å². The van der Waals surface area contributed by atoms with Crippen molar-refractivity contribution in [3.05, 3.63) is 29.8 Å². The fraction of sp³-hybridized carbons (Fsp3) is 0.632. The number of benzene rings is 1. The maximum atomic E-state index is 13.2. The molecule has 1 heterocycles. The molecule has 3 aliphatic rings. The number of carbonyl (C=O) groups is 1. The van der Waals surface area contributed by atoms with E-state index in [1.165, 1.54) is 25.7 Å². The lowest BCUT2D eigenvalue weighted by molar-refractivity contribution is -0.136. The number of rotatable bonds is 3. The quantitative estimate of drug-likeness (QED) is 0.933. The van der Waals surface area contributed by atoms with Crippen LogP contribution in [-0.2, 0) is 4.79 Å². The Morgan fingerprint density at radius 1 is 1.30 bits per heavy atom. The molecular weight excluding hydrogens is 288 g/mol. The van der Waals surface area contributed by atoms with Crippen LogP contribution in [0.1, 0.15) is 43.7 Å². The number of hydrogen-bond acceptors (Lipinski definition) is 3. The predicted molar refractivity (Wildman–Crippen MR) is 89.3 cm³/mol. The highest BCUT2D eigenvalue weighted by molar-refractivity contribution is 5.83.